The number of hydrogen-bond donors (Lipinski definition) is 1. The smallest absolute Gasteiger partial charge is 0.247 e. The molecule has 2 fully saturated rings. The zero-order valence-corrected chi connectivity index (χ0v) is 13.5. The van der Waals surface area contributed by atoms with Crippen molar-refractivity contribution in [3.05, 3.63) is 0 Å². The summed E-state index contributed by atoms with van der Waals surface area (Å²) in [6.45, 7) is 7.00. The van der Waals surface area contributed by atoms with E-state index in [0.717, 1.165) is 25.9 Å². The lowest BCUT2D eigenvalue weighted by molar-refractivity contribution is -0.157. The van der Waals surface area contributed by atoms with E-state index in [1.807, 2.05) is 13.8 Å². The normalized spacial score (nSPS) is 23.4. The molecular formula is C14H26ClN3O2. The predicted molar refractivity (Wildman–Crippen MR) is 80.9 cm³/mol. The van der Waals surface area contributed by atoms with Gasteiger partial charge in [-0.05, 0) is 45.7 Å². The van der Waals surface area contributed by atoms with E-state index >= 15 is 0 Å². The number of nitrogens with one attached hydrogen (secondary N) is 1. The van der Waals surface area contributed by atoms with Crippen molar-refractivity contribution in [1.82, 2.24) is 15.1 Å². The van der Waals surface area contributed by atoms with Gasteiger partial charge < -0.3 is 15.1 Å². The van der Waals surface area contributed by atoms with Crippen LogP contribution in [0.15, 0.2) is 0 Å². The maximum absolute atomic E-state index is 12.5. The van der Waals surface area contributed by atoms with Crippen LogP contribution in [-0.2, 0) is 9.59 Å². The minimum Gasteiger partial charge on any atom is -0.342 e. The Morgan fingerprint density at radius 3 is 2.50 bits per heavy atom. The van der Waals surface area contributed by atoms with Crippen molar-refractivity contribution >= 4 is 24.2 Å². The molecule has 20 heavy (non-hydrogen) atoms. The van der Waals surface area contributed by atoms with Crippen LogP contribution < -0.4 is 5.32 Å². The molecule has 2 amide bonds. The number of carbonyl (C=O) groups is 2. The van der Waals surface area contributed by atoms with Crippen LogP contribution in [0, 0.1) is 5.92 Å². The SMILES string of the molecule is CN1CCN(C(=O)CC2CCNCC2)C(C)(C)C1=O.Cl. The van der Waals surface area contributed by atoms with Crippen LogP contribution in [0.3, 0.4) is 0 Å². The van der Waals surface area contributed by atoms with E-state index in [-0.39, 0.29) is 24.2 Å². The number of piperidine rings is 1. The largest absolute Gasteiger partial charge is 0.342 e. The highest BCUT2D eigenvalue weighted by molar-refractivity contribution is 5.91. The third-order valence-corrected chi connectivity index (χ3v) is 4.43. The topological polar surface area (TPSA) is 52.6 Å². The first-order valence-corrected chi connectivity index (χ1v) is 7.19. The van der Waals surface area contributed by atoms with Crippen LogP contribution in [0.4, 0.5) is 0 Å². The van der Waals surface area contributed by atoms with E-state index in [0.29, 0.717) is 25.4 Å². The molecule has 0 aromatic carbocycles. The molecule has 0 aromatic rings. The van der Waals surface area contributed by atoms with Crippen LogP contribution in [0.1, 0.15) is 33.1 Å². The molecule has 2 aliphatic rings. The zero-order chi connectivity index (χ0) is 14.0. The van der Waals surface area contributed by atoms with Crippen LogP contribution in [0.2, 0.25) is 0 Å². The number of carbonyl (C=O) groups excluding carboxylic acids is 2. The van der Waals surface area contributed by atoms with Crippen molar-refractivity contribution in [2.75, 3.05) is 33.2 Å². The Hall–Kier alpha value is -0.810. The van der Waals surface area contributed by atoms with Crippen LogP contribution in [0.5, 0.6) is 0 Å². The molecule has 2 rings (SSSR count). The number of hydrogen-bond acceptors (Lipinski definition) is 3. The Bertz CT molecular complexity index is 367. The summed E-state index contributed by atoms with van der Waals surface area (Å²) in [5.74, 6) is 0.648. The molecule has 1 N–H and O–H groups in total. The molecule has 0 radical (unpaired) electrons. The lowest BCUT2D eigenvalue weighted by Crippen LogP contribution is -2.63. The van der Waals surface area contributed by atoms with Crippen molar-refractivity contribution in [2.45, 2.75) is 38.6 Å². The van der Waals surface area contributed by atoms with Crippen LogP contribution >= 0.6 is 12.4 Å². The summed E-state index contributed by atoms with van der Waals surface area (Å²) in [4.78, 5) is 28.1. The van der Waals surface area contributed by atoms with Gasteiger partial charge in [-0.2, -0.15) is 0 Å². The predicted octanol–water partition coefficient (Wildman–Crippen LogP) is 0.877. The second kappa shape index (κ2) is 6.76. The number of halogens is 1. The average Bonchev–Trinajstić information content (AvgIpc) is 2.37. The van der Waals surface area contributed by atoms with Gasteiger partial charge in [0, 0.05) is 26.6 Å². The third kappa shape index (κ3) is 3.44. The highest BCUT2D eigenvalue weighted by Crippen LogP contribution is 2.25. The van der Waals surface area contributed by atoms with Crippen LogP contribution in [-0.4, -0.2) is 60.4 Å². The number of piperazine rings is 1. The molecule has 0 aromatic heterocycles. The van der Waals surface area contributed by atoms with Crippen molar-refractivity contribution in [1.29, 1.82) is 0 Å². The van der Waals surface area contributed by atoms with E-state index in [9.17, 15) is 9.59 Å². The molecule has 0 aliphatic carbocycles. The maximum Gasteiger partial charge on any atom is 0.247 e. The minimum absolute atomic E-state index is 0. The summed E-state index contributed by atoms with van der Waals surface area (Å²) in [6.07, 6.45) is 2.71. The van der Waals surface area contributed by atoms with E-state index in [1.165, 1.54) is 0 Å². The molecular weight excluding hydrogens is 278 g/mol. The van der Waals surface area contributed by atoms with Crippen molar-refractivity contribution < 1.29 is 9.59 Å². The van der Waals surface area contributed by atoms with Crippen molar-refractivity contribution in [3.8, 4) is 0 Å². The molecule has 0 unspecified atom stereocenters. The first kappa shape index (κ1) is 17.2. The Morgan fingerprint density at radius 1 is 1.30 bits per heavy atom. The Kier molecular flexibility index (Phi) is 5.83. The first-order valence-electron chi connectivity index (χ1n) is 7.19. The molecule has 6 heteroatoms. The van der Waals surface area contributed by atoms with Gasteiger partial charge >= 0.3 is 0 Å². The van der Waals surface area contributed by atoms with Gasteiger partial charge in [-0.15, -0.1) is 12.4 Å². The third-order valence-electron chi connectivity index (χ3n) is 4.43. The number of amides is 2. The van der Waals surface area contributed by atoms with E-state index < -0.39 is 5.54 Å². The van der Waals surface area contributed by atoms with Gasteiger partial charge in [0.15, 0.2) is 0 Å². The fourth-order valence-electron chi connectivity index (χ4n) is 3.09. The van der Waals surface area contributed by atoms with E-state index in [4.69, 9.17) is 0 Å². The minimum atomic E-state index is -0.697. The summed E-state index contributed by atoms with van der Waals surface area (Å²) < 4.78 is 0. The molecule has 5 nitrogen and oxygen atoms in total. The Balaban J connectivity index is 0.00000200. The van der Waals surface area contributed by atoms with Crippen molar-refractivity contribution in [3.63, 3.8) is 0 Å². The summed E-state index contributed by atoms with van der Waals surface area (Å²) in [5, 5.41) is 3.31. The van der Waals surface area contributed by atoms with Gasteiger partial charge in [0.25, 0.3) is 0 Å². The summed E-state index contributed by atoms with van der Waals surface area (Å²) in [7, 11) is 1.80. The summed E-state index contributed by atoms with van der Waals surface area (Å²) >= 11 is 0. The first-order chi connectivity index (χ1) is 8.93. The average molecular weight is 304 g/mol. The molecule has 0 spiro atoms. The standard InChI is InChI=1S/C14H25N3O2.ClH/c1-14(2)13(19)16(3)8-9-17(14)12(18)10-11-4-6-15-7-5-11;/h11,15H,4-10H2,1-3H3;1H. The maximum atomic E-state index is 12.5. The number of nitrogens with zero attached hydrogens (tertiary/aromatic N) is 2. The van der Waals surface area contributed by atoms with Gasteiger partial charge in [-0.25, -0.2) is 0 Å². The van der Waals surface area contributed by atoms with Crippen molar-refractivity contribution in [2.24, 2.45) is 5.92 Å². The van der Waals surface area contributed by atoms with Gasteiger partial charge in [-0.3, -0.25) is 9.59 Å². The van der Waals surface area contributed by atoms with Crippen LogP contribution in [0.25, 0.3) is 0 Å². The molecule has 0 bridgehead atoms. The van der Waals surface area contributed by atoms with Gasteiger partial charge in [0.1, 0.15) is 5.54 Å². The quantitative estimate of drug-likeness (QED) is 0.824. The molecule has 116 valence electrons. The van der Waals surface area contributed by atoms with Gasteiger partial charge in [-0.1, -0.05) is 0 Å². The second-order valence-corrected chi connectivity index (χ2v) is 6.23. The molecule has 0 saturated carbocycles. The fourth-order valence-corrected chi connectivity index (χ4v) is 3.09. The number of rotatable bonds is 2. The fraction of sp³-hybridized carbons (Fsp3) is 0.857. The van der Waals surface area contributed by atoms with Gasteiger partial charge in [0.2, 0.25) is 11.8 Å². The summed E-state index contributed by atoms with van der Waals surface area (Å²) in [6, 6.07) is 0. The lowest BCUT2D eigenvalue weighted by atomic mass is 9.91. The monoisotopic (exact) mass is 303 g/mol. The van der Waals surface area contributed by atoms with E-state index in [2.05, 4.69) is 5.32 Å². The molecule has 2 heterocycles. The number of likely N-dealkylation sites (N-methyl/N-ethyl adjacent to an activating group) is 1. The molecule has 2 aliphatic heterocycles. The molecule has 2 saturated heterocycles. The summed E-state index contributed by atoms with van der Waals surface area (Å²) in [5.41, 5.74) is -0.697. The Morgan fingerprint density at radius 2 is 1.90 bits per heavy atom. The molecule has 0 atom stereocenters. The highest BCUT2D eigenvalue weighted by atomic mass is 35.5. The lowest BCUT2D eigenvalue weighted by Gasteiger charge is -2.45. The second-order valence-electron chi connectivity index (χ2n) is 6.23. The van der Waals surface area contributed by atoms with Gasteiger partial charge in [0.05, 0.1) is 0 Å². The Labute approximate surface area is 127 Å². The van der Waals surface area contributed by atoms with E-state index in [1.54, 1.807) is 16.8 Å². The highest BCUT2D eigenvalue weighted by Gasteiger charge is 2.43. The zero-order valence-electron chi connectivity index (χ0n) is 12.6.